The molecular weight excluding hydrogens is 198 g/mol. The van der Waals surface area contributed by atoms with Crippen LogP contribution in [-0.4, -0.2) is 36.6 Å². The van der Waals surface area contributed by atoms with Crippen molar-refractivity contribution in [1.29, 1.82) is 0 Å². The van der Waals surface area contributed by atoms with E-state index in [-0.39, 0.29) is 0 Å². The summed E-state index contributed by atoms with van der Waals surface area (Å²) in [6, 6.07) is 2.23. The van der Waals surface area contributed by atoms with Gasteiger partial charge in [-0.25, -0.2) is 0 Å². The lowest BCUT2D eigenvalue weighted by Gasteiger charge is -2.16. The van der Waals surface area contributed by atoms with Crippen molar-refractivity contribution >= 4 is 0 Å². The number of likely N-dealkylation sites (tertiary alicyclic amines) is 1. The van der Waals surface area contributed by atoms with E-state index in [2.05, 4.69) is 28.2 Å². The highest BCUT2D eigenvalue weighted by Crippen LogP contribution is 2.17. The molecule has 16 heavy (non-hydrogen) atoms. The first-order valence-electron chi connectivity index (χ1n) is 6.05. The Morgan fingerprint density at radius 1 is 1.50 bits per heavy atom. The maximum atomic E-state index is 4.24. The summed E-state index contributed by atoms with van der Waals surface area (Å²) in [5.41, 5.74) is 2.59. The third-order valence-corrected chi connectivity index (χ3v) is 3.20. The standard InChI is InChI=1S/C13H21N3/c1-11-5-13(8-15-6-11)10-16-4-3-12(9-16)7-14-2/h5-6,8,12,14H,3-4,7,9-10H2,1-2H3. The van der Waals surface area contributed by atoms with Gasteiger partial charge in [-0.1, -0.05) is 6.07 Å². The monoisotopic (exact) mass is 219 g/mol. The van der Waals surface area contributed by atoms with E-state index < -0.39 is 0 Å². The van der Waals surface area contributed by atoms with E-state index in [0.29, 0.717) is 0 Å². The van der Waals surface area contributed by atoms with Gasteiger partial charge in [0.05, 0.1) is 0 Å². The van der Waals surface area contributed by atoms with Crippen molar-refractivity contribution in [3.8, 4) is 0 Å². The lowest BCUT2D eigenvalue weighted by molar-refractivity contribution is 0.315. The second-order valence-corrected chi connectivity index (χ2v) is 4.82. The van der Waals surface area contributed by atoms with E-state index in [0.717, 1.165) is 19.0 Å². The minimum atomic E-state index is 0.822. The number of rotatable bonds is 4. The summed E-state index contributed by atoms with van der Waals surface area (Å²) < 4.78 is 0. The van der Waals surface area contributed by atoms with Crippen molar-refractivity contribution in [2.24, 2.45) is 5.92 Å². The highest BCUT2D eigenvalue weighted by Gasteiger charge is 2.21. The molecule has 2 heterocycles. The Bertz CT molecular complexity index is 338. The van der Waals surface area contributed by atoms with Crippen LogP contribution in [0.5, 0.6) is 0 Å². The maximum absolute atomic E-state index is 4.24. The molecule has 0 spiro atoms. The molecule has 1 aliphatic rings. The van der Waals surface area contributed by atoms with Gasteiger partial charge in [0.2, 0.25) is 0 Å². The van der Waals surface area contributed by atoms with Crippen LogP contribution in [-0.2, 0) is 6.54 Å². The van der Waals surface area contributed by atoms with Gasteiger partial charge in [-0.3, -0.25) is 9.88 Å². The Morgan fingerprint density at radius 2 is 2.38 bits per heavy atom. The van der Waals surface area contributed by atoms with Crippen LogP contribution in [0.2, 0.25) is 0 Å². The van der Waals surface area contributed by atoms with Gasteiger partial charge in [-0.2, -0.15) is 0 Å². The molecule has 1 saturated heterocycles. The minimum Gasteiger partial charge on any atom is -0.319 e. The average Bonchev–Trinajstić information content (AvgIpc) is 2.66. The average molecular weight is 219 g/mol. The number of aromatic nitrogens is 1. The van der Waals surface area contributed by atoms with E-state index in [4.69, 9.17) is 0 Å². The number of aryl methyl sites for hydroxylation is 1. The lowest BCUT2D eigenvalue weighted by Crippen LogP contribution is -2.24. The Morgan fingerprint density at radius 3 is 3.12 bits per heavy atom. The number of pyridine rings is 1. The van der Waals surface area contributed by atoms with Crippen LogP contribution in [0, 0.1) is 12.8 Å². The molecule has 1 unspecified atom stereocenters. The summed E-state index contributed by atoms with van der Waals surface area (Å²) in [4.78, 5) is 6.77. The van der Waals surface area contributed by atoms with Crippen molar-refractivity contribution in [2.75, 3.05) is 26.7 Å². The molecule has 3 nitrogen and oxygen atoms in total. The molecule has 0 aliphatic carbocycles. The molecule has 1 fully saturated rings. The van der Waals surface area contributed by atoms with Gasteiger partial charge in [0, 0.05) is 25.5 Å². The van der Waals surface area contributed by atoms with Crippen molar-refractivity contribution in [3.63, 3.8) is 0 Å². The fourth-order valence-corrected chi connectivity index (χ4v) is 2.47. The van der Waals surface area contributed by atoms with Gasteiger partial charge in [0.25, 0.3) is 0 Å². The van der Waals surface area contributed by atoms with Crippen LogP contribution in [0.3, 0.4) is 0 Å². The molecule has 88 valence electrons. The van der Waals surface area contributed by atoms with Gasteiger partial charge in [-0.15, -0.1) is 0 Å². The molecule has 0 aromatic carbocycles. The molecule has 1 N–H and O–H groups in total. The molecule has 0 bridgehead atoms. The van der Waals surface area contributed by atoms with Crippen LogP contribution in [0.25, 0.3) is 0 Å². The van der Waals surface area contributed by atoms with Crippen molar-refractivity contribution in [3.05, 3.63) is 29.6 Å². The summed E-state index contributed by atoms with van der Waals surface area (Å²) in [6.45, 7) is 6.73. The van der Waals surface area contributed by atoms with E-state index in [1.54, 1.807) is 0 Å². The normalized spacial score (nSPS) is 21.5. The Labute approximate surface area is 97.9 Å². The molecule has 1 atom stereocenters. The quantitative estimate of drug-likeness (QED) is 0.830. The SMILES string of the molecule is CNCC1CCN(Cc2cncc(C)c2)C1. The zero-order chi connectivity index (χ0) is 11.4. The summed E-state index contributed by atoms with van der Waals surface area (Å²) in [5, 5.41) is 3.26. The highest BCUT2D eigenvalue weighted by atomic mass is 15.1. The number of hydrogen-bond acceptors (Lipinski definition) is 3. The smallest absolute Gasteiger partial charge is 0.0313 e. The molecule has 2 rings (SSSR count). The molecule has 1 aromatic rings. The number of hydrogen-bond donors (Lipinski definition) is 1. The van der Waals surface area contributed by atoms with Crippen LogP contribution < -0.4 is 5.32 Å². The van der Waals surface area contributed by atoms with Gasteiger partial charge in [-0.05, 0) is 50.5 Å². The van der Waals surface area contributed by atoms with Crippen molar-refractivity contribution < 1.29 is 0 Å². The first-order chi connectivity index (χ1) is 7.78. The number of nitrogens with zero attached hydrogens (tertiary/aromatic N) is 2. The number of nitrogens with one attached hydrogen (secondary N) is 1. The van der Waals surface area contributed by atoms with Gasteiger partial charge < -0.3 is 5.32 Å². The first-order valence-corrected chi connectivity index (χ1v) is 6.05. The second-order valence-electron chi connectivity index (χ2n) is 4.82. The Balaban J connectivity index is 1.87. The van der Waals surface area contributed by atoms with E-state index in [1.807, 2.05) is 19.4 Å². The fraction of sp³-hybridized carbons (Fsp3) is 0.615. The highest BCUT2D eigenvalue weighted by molar-refractivity contribution is 5.16. The predicted molar refractivity (Wildman–Crippen MR) is 66.3 cm³/mol. The second kappa shape index (κ2) is 5.41. The van der Waals surface area contributed by atoms with E-state index in [9.17, 15) is 0 Å². The van der Waals surface area contributed by atoms with Gasteiger partial charge in [0.1, 0.15) is 0 Å². The first kappa shape index (κ1) is 11.6. The molecular formula is C13H21N3. The molecule has 3 heteroatoms. The molecule has 1 aliphatic heterocycles. The zero-order valence-electron chi connectivity index (χ0n) is 10.2. The van der Waals surface area contributed by atoms with Crippen LogP contribution >= 0.6 is 0 Å². The maximum Gasteiger partial charge on any atom is 0.0313 e. The zero-order valence-corrected chi connectivity index (χ0v) is 10.2. The van der Waals surface area contributed by atoms with Gasteiger partial charge in [0.15, 0.2) is 0 Å². The predicted octanol–water partition coefficient (Wildman–Crippen LogP) is 1.43. The van der Waals surface area contributed by atoms with Crippen LogP contribution in [0.4, 0.5) is 0 Å². The van der Waals surface area contributed by atoms with Gasteiger partial charge >= 0.3 is 0 Å². The molecule has 0 radical (unpaired) electrons. The topological polar surface area (TPSA) is 28.2 Å². The lowest BCUT2D eigenvalue weighted by atomic mass is 10.1. The summed E-state index contributed by atoms with van der Waals surface area (Å²) >= 11 is 0. The fourth-order valence-electron chi connectivity index (χ4n) is 2.47. The van der Waals surface area contributed by atoms with Crippen molar-refractivity contribution in [2.45, 2.75) is 19.9 Å². The molecule has 1 aromatic heterocycles. The van der Waals surface area contributed by atoms with Crippen LogP contribution in [0.15, 0.2) is 18.5 Å². The summed E-state index contributed by atoms with van der Waals surface area (Å²) in [6.07, 6.45) is 5.22. The Hall–Kier alpha value is -0.930. The molecule has 0 amide bonds. The summed E-state index contributed by atoms with van der Waals surface area (Å²) in [5.74, 6) is 0.822. The largest absolute Gasteiger partial charge is 0.319 e. The third-order valence-electron chi connectivity index (χ3n) is 3.20. The minimum absolute atomic E-state index is 0.822. The molecule has 0 saturated carbocycles. The Kier molecular flexibility index (Phi) is 3.91. The third kappa shape index (κ3) is 3.03. The van der Waals surface area contributed by atoms with E-state index in [1.165, 1.54) is 30.6 Å². The van der Waals surface area contributed by atoms with E-state index >= 15 is 0 Å². The van der Waals surface area contributed by atoms with Crippen LogP contribution in [0.1, 0.15) is 17.5 Å². The summed E-state index contributed by atoms with van der Waals surface area (Å²) in [7, 11) is 2.03. The van der Waals surface area contributed by atoms with Crippen molar-refractivity contribution in [1.82, 2.24) is 15.2 Å².